The summed E-state index contributed by atoms with van der Waals surface area (Å²) in [6.45, 7) is 7.38. The molecule has 3 atom stereocenters. The Morgan fingerprint density at radius 1 is 1.55 bits per heavy atom. The molecular weight excluding hydrogens is 254 g/mol. The quantitative estimate of drug-likeness (QED) is 0.856. The molecule has 0 aromatic carbocycles. The molecule has 0 saturated carbocycles. The number of rotatable bonds is 5. The normalized spacial score (nSPS) is 26.6. The summed E-state index contributed by atoms with van der Waals surface area (Å²) in [6.07, 6.45) is 1.63. The van der Waals surface area contributed by atoms with Crippen molar-refractivity contribution >= 4 is 5.91 Å². The lowest BCUT2D eigenvalue weighted by Crippen LogP contribution is -2.42. The van der Waals surface area contributed by atoms with Gasteiger partial charge >= 0.3 is 0 Å². The molecule has 1 aliphatic heterocycles. The summed E-state index contributed by atoms with van der Waals surface area (Å²) in [5.74, 6) is 1.52. The first-order valence-electron chi connectivity index (χ1n) is 7.23. The van der Waals surface area contributed by atoms with Crippen molar-refractivity contribution in [2.75, 3.05) is 13.1 Å². The van der Waals surface area contributed by atoms with Crippen LogP contribution < -0.4 is 11.5 Å². The Bertz CT molecular complexity index is 485. The van der Waals surface area contributed by atoms with E-state index in [1.54, 1.807) is 0 Å². The second-order valence-corrected chi connectivity index (χ2v) is 6.11. The highest BCUT2D eigenvalue weighted by atomic mass is 16.3. The van der Waals surface area contributed by atoms with Gasteiger partial charge in [0.1, 0.15) is 11.5 Å². The fraction of sp³-hybridized carbons (Fsp3) is 0.667. The largest absolute Gasteiger partial charge is 0.465 e. The van der Waals surface area contributed by atoms with Crippen molar-refractivity contribution in [2.45, 2.75) is 45.7 Å². The Morgan fingerprint density at radius 3 is 2.70 bits per heavy atom. The van der Waals surface area contributed by atoms with Gasteiger partial charge < -0.3 is 15.9 Å². The van der Waals surface area contributed by atoms with E-state index >= 15 is 0 Å². The number of likely N-dealkylation sites (tertiary alicyclic amines) is 1. The van der Waals surface area contributed by atoms with Gasteiger partial charge in [0.15, 0.2) is 0 Å². The minimum absolute atomic E-state index is 0.00914. The molecule has 1 aromatic rings. The lowest BCUT2D eigenvalue weighted by atomic mass is 9.89. The second kappa shape index (κ2) is 5.58. The SMILES string of the molecule is CCC(N)C(c1ccc(C)o1)N1CCC(C)(C(N)=O)C1. The van der Waals surface area contributed by atoms with E-state index in [1.165, 1.54) is 0 Å². The van der Waals surface area contributed by atoms with Crippen LogP contribution >= 0.6 is 0 Å². The van der Waals surface area contributed by atoms with Gasteiger partial charge in [0, 0.05) is 19.1 Å². The van der Waals surface area contributed by atoms with E-state index in [2.05, 4.69) is 11.8 Å². The number of nitrogens with zero attached hydrogens (tertiary/aromatic N) is 1. The van der Waals surface area contributed by atoms with E-state index in [1.807, 2.05) is 26.0 Å². The highest BCUT2D eigenvalue weighted by Crippen LogP contribution is 2.37. The van der Waals surface area contributed by atoms with Gasteiger partial charge in [0.05, 0.1) is 11.5 Å². The molecule has 1 amide bonds. The molecule has 5 heteroatoms. The van der Waals surface area contributed by atoms with Crippen LogP contribution in [0.1, 0.15) is 44.3 Å². The first-order valence-corrected chi connectivity index (χ1v) is 7.23. The average Bonchev–Trinajstić information content (AvgIpc) is 2.98. The molecule has 0 aliphatic carbocycles. The number of aryl methyl sites for hydroxylation is 1. The summed E-state index contributed by atoms with van der Waals surface area (Å²) in [4.78, 5) is 13.8. The van der Waals surface area contributed by atoms with Crippen LogP contribution in [-0.4, -0.2) is 29.9 Å². The lowest BCUT2D eigenvalue weighted by molar-refractivity contribution is -0.126. The van der Waals surface area contributed by atoms with Crippen LogP contribution in [0.25, 0.3) is 0 Å². The first-order chi connectivity index (χ1) is 9.37. The standard InChI is InChI=1S/C15H25N3O2/c1-4-11(16)13(12-6-5-10(2)20-12)18-8-7-15(3,9-18)14(17)19/h5-6,11,13H,4,7-9,16H2,1-3H3,(H2,17,19). The van der Waals surface area contributed by atoms with Gasteiger partial charge in [-0.2, -0.15) is 0 Å². The molecule has 4 N–H and O–H groups in total. The Morgan fingerprint density at radius 2 is 2.25 bits per heavy atom. The van der Waals surface area contributed by atoms with Crippen molar-refractivity contribution < 1.29 is 9.21 Å². The number of nitrogens with two attached hydrogens (primary N) is 2. The van der Waals surface area contributed by atoms with E-state index in [9.17, 15) is 4.79 Å². The number of furan rings is 1. The van der Waals surface area contributed by atoms with Crippen molar-refractivity contribution in [3.05, 3.63) is 23.7 Å². The maximum absolute atomic E-state index is 11.6. The number of amides is 1. The molecule has 1 fully saturated rings. The van der Waals surface area contributed by atoms with Gasteiger partial charge in [-0.25, -0.2) is 0 Å². The molecule has 2 heterocycles. The third-order valence-electron chi connectivity index (χ3n) is 4.42. The monoisotopic (exact) mass is 279 g/mol. The minimum Gasteiger partial charge on any atom is -0.465 e. The van der Waals surface area contributed by atoms with E-state index in [0.29, 0.717) is 6.54 Å². The van der Waals surface area contributed by atoms with Gasteiger partial charge in [-0.3, -0.25) is 9.69 Å². The topological polar surface area (TPSA) is 85.5 Å². The Labute approximate surface area is 120 Å². The van der Waals surface area contributed by atoms with Crippen molar-refractivity contribution in [3.8, 4) is 0 Å². The van der Waals surface area contributed by atoms with E-state index in [-0.39, 0.29) is 18.0 Å². The Hall–Kier alpha value is -1.33. The molecule has 112 valence electrons. The fourth-order valence-corrected chi connectivity index (χ4v) is 2.93. The summed E-state index contributed by atoms with van der Waals surface area (Å²) in [5.41, 5.74) is 11.3. The number of carbonyl (C=O) groups excluding carboxylic acids is 1. The van der Waals surface area contributed by atoms with Gasteiger partial charge in [-0.15, -0.1) is 0 Å². The molecule has 3 unspecified atom stereocenters. The molecule has 0 radical (unpaired) electrons. The maximum atomic E-state index is 11.6. The molecule has 20 heavy (non-hydrogen) atoms. The van der Waals surface area contributed by atoms with Crippen molar-refractivity contribution in [1.82, 2.24) is 4.90 Å². The molecule has 1 saturated heterocycles. The number of hydrogen-bond donors (Lipinski definition) is 2. The van der Waals surface area contributed by atoms with Crippen LogP contribution in [0.3, 0.4) is 0 Å². The third-order valence-corrected chi connectivity index (χ3v) is 4.42. The third kappa shape index (κ3) is 2.74. The number of hydrogen-bond acceptors (Lipinski definition) is 4. The summed E-state index contributed by atoms with van der Waals surface area (Å²) >= 11 is 0. The van der Waals surface area contributed by atoms with Crippen LogP contribution in [0.2, 0.25) is 0 Å². The zero-order valence-electron chi connectivity index (χ0n) is 12.6. The van der Waals surface area contributed by atoms with E-state index in [4.69, 9.17) is 15.9 Å². The zero-order chi connectivity index (χ0) is 14.9. The molecular formula is C15H25N3O2. The number of carbonyl (C=O) groups is 1. The highest BCUT2D eigenvalue weighted by Gasteiger charge is 2.43. The van der Waals surface area contributed by atoms with Crippen LogP contribution in [0.4, 0.5) is 0 Å². The van der Waals surface area contributed by atoms with E-state index < -0.39 is 5.41 Å². The van der Waals surface area contributed by atoms with Crippen LogP contribution in [0.5, 0.6) is 0 Å². The summed E-state index contributed by atoms with van der Waals surface area (Å²) in [6, 6.07) is 3.93. The van der Waals surface area contributed by atoms with Crippen molar-refractivity contribution in [2.24, 2.45) is 16.9 Å². The highest BCUT2D eigenvalue weighted by molar-refractivity contribution is 5.81. The van der Waals surface area contributed by atoms with Gasteiger partial charge in [-0.05, 0) is 38.8 Å². The van der Waals surface area contributed by atoms with Gasteiger partial charge in [0.2, 0.25) is 5.91 Å². The predicted octanol–water partition coefficient (Wildman–Crippen LogP) is 1.56. The predicted molar refractivity (Wildman–Crippen MR) is 77.9 cm³/mol. The Kier molecular flexibility index (Phi) is 4.20. The summed E-state index contributed by atoms with van der Waals surface area (Å²) in [5, 5.41) is 0. The van der Waals surface area contributed by atoms with E-state index in [0.717, 1.165) is 30.9 Å². The van der Waals surface area contributed by atoms with Gasteiger partial charge in [0.25, 0.3) is 0 Å². The van der Waals surface area contributed by atoms with Crippen LogP contribution in [0, 0.1) is 12.3 Å². The minimum atomic E-state index is -0.465. The van der Waals surface area contributed by atoms with Crippen LogP contribution in [-0.2, 0) is 4.79 Å². The molecule has 0 spiro atoms. The molecule has 2 rings (SSSR count). The van der Waals surface area contributed by atoms with Gasteiger partial charge in [-0.1, -0.05) is 6.92 Å². The Balaban J connectivity index is 2.23. The molecule has 1 aromatic heterocycles. The maximum Gasteiger partial charge on any atom is 0.224 e. The molecule has 1 aliphatic rings. The molecule has 5 nitrogen and oxygen atoms in total. The summed E-state index contributed by atoms with van der Waals surface area (Å²) < 4.78 is 5.77. The van der Waals surface area contributed by atoms with Crippen molar-refractivity contribution in [3.63, 3.8) is 0 Å². The average molecular weight is 279 g/mol. The smallest absolute Gasteiger partial charge is 0.224 e. The number of primary amides is 1. The lowest BCUT2D eigenvalue weighted by Gasteiger charge is -2.31. The first kappa shape index (κ1) is 15.1. The van der Waals surface area contributed by atoms with Crippen LogP contribution in [0.15, 0.2) is 16.5 Å². The fourth-order valence-electron chi connectivity index (χ4n) is 2.93. The summed E-state index contributed by atoms with van der Waals surface area (Å²) in [7, 11) is 0. The second-order valence-electron chi connectivity index (χ2n) is 6.11. The zero-order valence-corrected chi connectivity index (χ0v) is 12.6. The molecule has 0 bridgehead atoms. The van der Waals surface area contributed by atoms with Crippen molar-refractivity contribution in [1.29, 1.82) is 0 Å².